The van der Waals surface area contributed by atoms with E-state index in [1.165, 1.54) is 11.0 Å². The van der Waals surface area contributed by atoms with Crippen LogP contribution in [0.3, 0.4) is 0 Å². The lowest BCUT2D eigenvalue weighted by Crippen LogP contribution is -2.31. The lowest BCUT2D eigenvalue weighted by Gasteiger charge is -2.09. The molecule has 28 heavy (non-hydrogen) atoms. The summed E-state index contributed by atoms with van der Waals surface area (Å²) in [6.07, 6.45) is 1.63. The van der Waals surface area contributed by atoms with Crippen LogP contribution in [0.5, 0.6) is 5.75 Å². The molecule has 10 heteroatoms. The first-order chi connectivity index (χ1) is 13.6. The molecule has 3 N–H and O–H groups in total. The van der Waals surface area contributed by atoms with Gasteiger partial charge in [-0.1, -0.05) is 0 Å². The molecule has 0 aliphatic carbocycles. The van der Waals surface area contributed by atoms with Gasteiger partial charge in [-0.05, 0) is 59.0 Å². The number of benzene rings is 2. The van der Waals surface area contributed by atoms with Crippen molar-refractivity contribution in [2.45, 2.75) is 6.42 Å². The molecular formula is C18H19N7O3. The number of nitrogens with one attached hydrogen (secondary N) is 3. The fourth-order valence-electron chi connectivity index (χ4n) is 2.34. The second-order valence-electron chi connectivity index (χ2n) is 5.71. The van der Waals surface area contributed by atoms with Gasteiger partial charge in [0.05, 0.1) is 12.8 Å². The number of amides is 3. The highest BCUT2D eigenvalue weighted by Crippen LogP contribution is 2.15. The Kier molecular flexibility index (Phi) is 6.13. The van der Waals surface area contributed by atoms with E-state index in [2.05, 4.69) is 31.5 Å². The number of hydrogen-bond donors (Lipinski definition) is 3. The molecule has 3 amide bonds. The molecule has 0 bridgehead atoms. The molecule has 144 valence electrons. The lowest BCUT2D eigenvalue weighted by atomic mass is 10.2. The molecule has 1 heterocycles. The summed E-state index contributed by atoms with van der Waals surface area (Å²) < 4.78 is 6.57. The maximum atomic E-state index is 12.0. The van der Waals surface area contributed by atoms with Crippen molar-refractivity contribution in [3.05, 3.63) is 54.9 Å². The molecule has 0 saturated heterocycles. The van der Waals surface area contributed by atoms with Crippen molar-refractivity contribution in [2.75, 3.05) is 24.3 Å². The predicted molar refractivity (Wildman–Crippen MR) is 102 cm³/mol. The highest BCUT2D eigenvalue weighted by atomic mass is 16.5. The summed E-state index contributed by atoms with van der Waals surface area (Å²) in [5, 5.41) is 19.0. The van der Waals surface area contributed by atoms with Crippen molar-refractivity contribution >= 4 is 23.3 Å². The third-order valence-corrected chi connectivity index (χ3v) is 3.75. The zero-order valence-electron chi connectivity index (χ0n) is 15.1. The number of carbonyl (C=O) groups excluding carboxylic acids is 2. The summed E-state index contributed by atoms with van der Waals surface area (Å²) >= 11 is 0. The monoisotopic (exact) mass is 381 g/mol. The highest BCUT2D eigenvalue weighted by molar-refractivity contribution is 5.92. The van der Waals surface area contributed by atoms with E-state index in [1.807, 2.05) is 0 Å². The maximum absolute atomic E-state index is 12.0. The van der Waals surface area contributed by atoms with Crippen LogP contribution in [-0.2, 0) is 4.79 Å². The first-order valence-corrected chi connectivity index (χ1v) is 8.46. The average Bonchev–Trinajstić information content (AvgIpc) is 3.24. The second-order valence-corrected chi connectivity index (χ2v) is 5.71. The van der Waals surface area contributed by atoms with Gasteiger partial charge in [0.2, 0.25) is 5.91 Å². The SMILES string of the molecule is COc1ccc(NC(=O)NCCC(=O)Nc2ccc(-n3cnnn3)cc2)cc1. The Balaban J connectivity index is 1.39. The van der Waals surface area contributed by atoms with E-state index in [9.17, 15) is 9.59 Å². The zero-order chi connectivity index (χ0) is 19.8. The highest BCUT2D eigenvalue weighted by Gasteiger charge is 2.06. The van der Waals surface area contributed by atoms with Crippen LogP contribution in [-0.4, -0.2) is 45.8 Å². The predicted octanol–water partition coefficient (Wildman–Crippen LogP) is 1.82. The smallest absolute Gasteiger partial charge is 0.319 e. The van der Waals surface area contributed by atoms with E-state index in [0.29, 0.717) is 17.1 Å². The van der Waals surface area contributed by atoms with E-state index >= 15 is 0 Å². The Hall–Kier alpha value is -3.95. The van der Waals surface area contributed by atoms with Crippen LogP contribution in [0.15, 0.2) is 54.9 Å². The van der Waals surface area contributed by atoms with Crippen LogP contribution in [0.2, 0.25) is 0 Å². The molecule has 0 atom stereocenters. The summed E-state index contributed by atoms with van der Waals surface area (Å²) in [4.78, 5) is 23.9. The van der Waals surface area contributed by atoms with Gasteiger partial charge in [-0.2, -0.15) is 0 Å². The molecule has 0 saturated carbocycles. The van der Waals surface area contributed by atoms with Gasteiger partial charge >= 0.3 is 6.03 Å². The van der Waals surface area contributed by atoms with Gasteiger partial charge in [-0.25, -0.2) is 9.48 Å². The second kappa shape index (κ2) is 9.12. The van der Waals surface area contributed by atoms with E-state index in [4.69, 9.17) is 4.74 Å². The molecular weight excluding hydrogens is 362 g/mol. The number of hydrogen-bond acceptors (Lipinski definition) is 6. The van der Waals surface area contributed by atoms with Gasteiger partial charge < -0.3 is 20.7 Å². The van der Waals surface area contributed by atoms with Crippen molar-refractivity contribution < 1.29 is 14.3 Å². The summed E-state index contributed by atoms with van der Waals surface area (Å²) in [6.45, 7) is 0.205. The molecule has 0 radical (unpaired) electrons. The minimum Gasteiger partial charge on any atom is -0.497 e. The minimum atomic E-state index is -0.385. The standard InChI is InChI=1S/C18H19N7O3/c1-28-16-8-4-14(5-9-16)22-18(27)19-11-10-17(26)21-13-2-6-15(7-3-13)25-12-20-23-24-25/h2-9,12H,10-11H2,1H3,(H,21,26)(H2,19,22,27). The lowest BCUT2D eigenvalue weighted by molar-refractivity contribution is -0.116. The van der Waals surface area contributed by atoms with Crippen LogP contribution in [0.25, 0.3) is 5.69 Å². The molecule has 10 nitrogen and oxygen atoms in total. The molecule has 3 aromatic rings. The molecule has 0 aliphatic heterocycles. The van der Waals surface area contributed by atoms with Gasteiger partial charge in [-0.15, -0.1) is 5.10 Å². The van der Waals surface area contributed by atoms with Gasteiger partial charge in [0, 0.05) is 24.3 Å². The van der Waals surface area contributed by atoms with Gasteiger partial charge in [-0.3, -0.25) is 4.79 Å². The maximum Gasteiger partial charge on any atom is 0.319 e. The fraction of sp³-hybridized carbons (Fsp3) is 0.167. The molecule has 3 rings (SSSR count). The Morgan fingerprint density at radius 3 is 2.32 bits per heavy atom. The number of ether oxygens (including phenoxy) is 1. The molecule has 0 aliphatic rings. The molecule has 1 aromatic heterocycles. The molecule has 0 fully saturated rings. The van der Waals surface area contributed by atoms with Crippen molar-refractivity contribution in [1.29, 1.82) is 0 Å². The van der Waals surface area contributed by atoms with Crippen molar-refractivity contribution in [3.63, 3.8) is 0 Å². The van der Waals surface area contributed by atoms with Crippen LogP contribution in [0.4, 0.5) is 16.2 Å². The van der Waals surface area contributed by atoms with Gasteiger partial charge in [0.25, 0.3) is 0 Å². The average molecular weight is 381 g/mol. The van der Waals surface area contributed by atoms with Crippen LogP contribution < -0.4 is 20.7 Å². The number of methoxy groups -OCH3 is 1. The number of aromatic nitrogens is 4. The Morgan fingerprint density at radius 2 is 1.68 bits per heavy atom. The topological polar surface area (TPSA) is 123 Å². The third-order valence-electron chi connectivity index (χ3n) is 3.75. The number of rotatable bonds is 7. The quantitative estimate of drug-likeness (QED) is 0.574. The molecule has 2 aromatic carbocycles. The number of urea groups is 1. The first kappa shape index (κ1) is 18.8. The van der Waals surface area contributed by atoms with Crippen LogP contribution in [0.1, 0.15) is 6.42 Å². The number of carbonyl (C=O) groups is 2. The van der Waals surface area contributed by atoms with E-state index in [-0.39, 0.29) is 24.9 Å². The first-order valence-electron chi connectivity index (χ1n) is 8.46. The summed E-state index contributed by atoms with van der Waals surface area (Å²) in [5.41, 5.74) is 2.05. The van der Waals surface area contributed by atoms with E-state index in [0.717, 1.165) is 5.69 Å². The number of tetrazole rings is 1. The van der Waals surface area contributed by atoms with Crippen LogP contribution in [0, 0.1) is 0 Å². The summed E-state index contributed by atoms with van der Waals surface area (Å²) in [5.74, 6) is 0.494. The number of nitrogens with zero attached hydrogens (tertiary/aromatic N) is 4. The Bertz CT molecular complexity index is 909. The molecule has 0 spiro atoms. The van der Waals surface area contributed by atoms with E-state index in [1.54, 1.807) is 55.6 Å². The van der Waals surface area contributed by atoms with E-state index < -0.39 is 0 Å². The van der Waals surface area contributed by atoms with Gasteiger partial charge in [0.1, 0.15) is 12.1 Å². The van der Waals surface area contributed by atoms with Crippen molar-refractivity contribution in [1.82, 2.24) is 25.5 Å². The zero-order valence-corrected chi connectivity index (χ0v) is 15.1. The minimum absolute atomic E-state index is 0.144. The van der Waals surface area contributed by atoms with Crippen molar-refractivity contribution in [2.24, 2.45) is 0 Å². The summed E-state index contributed by atoms with van der Waals surface area (Å²) in [6, 6.07) is 13.6. The largest absolute Gasteiger partial charge is 0.497 e. The molecule has 0 unspecified atom stereocenters. The Labute approximate surface area is 160 Å². The normalized spacial score (nSPS) is 10.2. The van der Waals surface area contributed by atoms with Gasteiger partial charge in [0.15, 0.2) is 0 Å². The Morgan fingerprint density at radius 1 is 1.00 bits per heavy atom. The van der Waals surface area contributed by atoms with Crippen LogP contribution >= 0.6 is 0 Å². The fourth-order valence-corrected chi connectivity index (χ4v) is 2.34. The number of anilines is 2. The summed E-state index contributed by atoms with van der Waals surface area (Å²) in [7, 11) is 1.57. The van der Waals surface area contributed by atoms with Crippen molar-refractivity contribution in [3.8, 4) is 11.4 Å². The third kappa shape index (κ3) is 5.27.